The molecule has 0 bridgehead atoms. The van der Waals surface area contributed by atoms with Crippen LogP contribution in [0.25, 0.3) is 22.6 Å². The summed E-state index contributed by atoms with van der Waals surface area (Å²) in [7, 11) is 0. The molecule has 4 rings (SSSR count). The molecule has 0 atom stereocenters. The van der Waals surface area contributed by atoms with Gasteiger partial charge in [-0.3, -0.25) is 10.00 Å². The third-order valence-electron chi connectivity index (χ3n) is 5.22. The van der Waals surface area contributed by atoms with Gasteiger partial charge in [-0.2, -0.15) is 5.10 Å². The van der Waals surface area contributed by atoms with Crippen molar-refractivity contribution in [2.24, 2.45) is 0 Å². The maximum absolute atomic E-state index is 12.4. The summed E-state index contributed by atoms with van der Waals surface area (Å²) < 4.78 is 5.42. The summed E-state index contributed by atoms with van der Waals surface area (Å²) in [6, 6.07) is 6.11. The lowest BCUT2D eigenvalue weighted by Gasteiger charge is -2.26. The maximum Gasteiger partial charge on any atom is 0.321 e. The lowest BCUT2D eigenvalue weighted by atomic mass is 10.2. The standard InChI is InChI=1S/C20H27N7O2/c1-3-27(4-2)20(28)24-17-12-21-25-18(17)19-22-15-6-5-14(11-16(15)23-19)13-26-7-9-29-10-8-26/h5-6,11-12H,3-4,7-10,13H2,1-2H3,(H,21,25)(H,22,23)(H,24,28). The van der Waals surface area contributed by atoms with Gasteiger partial charge in [0, 0.05) is 32.7 Å². The summed E-state index contributed by atoms with van der Waals surface area (Å²) >= 11 is 0. The van der Waals surface area contributed by atoms with Crippen LogP contribution in [0.15, 0.2) is 24.4 Å². The van der Waals surface area contributed by atoms with Crippen LogP contribution in [0.1, 0.15) is 19.4 Å². The number of hydrogen-bond donors (Lipinski definition) is 3. The van der Waals surface area contributed by atoms with Crippen molar-refractivity contribution in [3.8, 4) is 11.5 Å². The number of ether oxygens (including phenoxy) is 1. The van der Waals surface area contributed by atoms with E-state index in [9.17, 15) is 4.79 Å². The molecule has 0 aliphatic carbocycles. The molecule has 3 heterocycles. The van der Waals surface area contributed by atoms with Gasteiger partial charge in [0.2, 0.25) is 0 Å². The van der Waals surface area contributed by atoms with E-state index in [0.29, 0.717) is 30.3 Å². The number of aromatic nitrogens is 4. The van der Waals surface area contributed by atoms with Crippen LogP contribution in [0.3, 0.4) is 0 Å². The molecule has 9 nitrogen and oxygen atoms in total. The van der Waals surface area contributed by atoms with Crippen molar-refractivity contribution < 1.29 is 9.53 Å². The van der Waals surface area contributed by atoms with Crippen LogP contribution >= 0.6 is 0 Å². The SMILES string of the molecule is CCN(CC)C(=O)Nc1cn[nH]c1-c1nc2ccc(CN3CCOCC3)cc2[nH]1. The van der Waals surface area contributed by atoms with E-state index >= 15 is 0 Å². The highest BCUT2D eigenvalue weighted by molar-refractivity contribution is 5.93. The first kappa shape index (κ1) is 19.4. The quantitative estimate of drug-likeness (QED) is 0.593. The second kappa shape index (κ2) is 8.62. The Labute approximate surface area is 169 Å². The van der Waals surface area contributed by atoms with Gasteiger partial charge in [0.25, 0.3) is 0 Å². The number of anilines is 1. The number of amides is 2. The molecule has 1 aromatic carbocycles. The number of carbonyl (C=O) groups is 1. The molecule has 0 radical (unpaired) electrons. The lowest BCUT2D eigenvalue weighted by Crippen LogP contribution is -2.35. The van der Waals surface area contributed by atoms with Crippen LogP contribution < -0.4 is 5.32 Å². The highest BCUT2D eigenvalue weighted by Crippen LogP contribution is 2.26. The fourth-order valence-corrected chi connectivity index (χ4v) is 3.56. The Morgan fingerprint density at radius 2 is 2.07 bits per heavy atom. The lowest BCUT2D eigenvalue weighted by molar-refractivity contribution is 0.0342. The van der Waals surface area contributed by atoms with Crippen LogP contribution in [-0.2, 0) is 11.3 Å². The molecular weight excluding hydrogens is 370 g/mol. The van der Waals surface area contributed by atoms with Crippen molar-refractivity contribution in [1.82, 2.24) is 30.0 Å². The van der Waals surface area contributed by atoms with Crippen molar-refractivity contribution in [3.63, 3.8) is 0 Å². The normalized spacial score (nSPS) is 15.0. The van der Waals surface area contributed by atoms with E-state index in [0.717, 1.165) is 43.9 Å². The first-order chi connectivity index (χ1) is 14.2. The average molecular weight is 397 g/mol. The van der Waals surface area contributed by atoms with Gasteiger partial charge in [-0.05, 0) is 31.5 Å². The summed E-state index contributed by atoms with van der Waals surface area (Å²) in [4.78, 5) is 24.5. The summed E-state index contributed by atoms with van der Waals surface area (Å²) in [5, 5.41) is 9.95. The Balaban J connectivity index is 1.54. The number of nitrogens with one attached hydrogen (secondary N) is 3. The molecule has 0 spiro atoms. The number of aromatic amines is 2. The number of nitrogens with zero attached hydrogens (tertiary/aromatic N) is 4. The Bertz CT molecular complexity index is 970. The van der Waals surface area contributed by atoms with E-state index in [1.165, 1.54) is 5.56 Å². The van der Waals surface area contributed by atoms with Crippen molar-refractivity contribution in [2.45, 2.75) is 20.4 Å². The predicted octanol–water partition coefficient (Wildman–Crippen LogP) is 2.66. The highest BCUT2D eigenvalue weighted by atomic mass is 16.5. The van der Waals surface area contributed by atoms with Crippen molar-refractivity contribution in [1.29, 1.82) is 0 Å². The Morgan fingerprint density at radius 1 is 1.28 bits per heavy atom. The van der Waals surface area contributed by atoms with Crippen molar-refractivity contribution in [3.05, 3.63) is 30.0 Å². The van der Waals surface area contributed by atoms with Gasteiger partial charge >= 0.3 is 6.03 Å². The largest absolute Gasteiger partial charge is 0.379 e. The molecule has 1 aliphatic heterocycles. The molecule has 2 aromatic heterocycles. The molecule has 154 valence electrons. The van der Waals surface area contributed by atoms with Crippen LogP contribution in [0.5, 0.6) is 0 Å². The number of carbonyl (C=O) groups excluding carboxylic acids is 1. The number of fused-ring (bicyclic) bond motifs is 1. The number of hydrogen-bond acceptors (Lipinski definition) is 5. The Hall–Kier alpha value is -2.91. The second-order valence-electron chi connectivity index (χ2n) is 7.09. The summed E-state index contributed by atoms with van der Waals surface area (Å²) in [6.07, 6.45) is 1.60. The highest BCUT2D eigenvalue weighted by Gasteiger charge is 2.17. The van der Waals surface area contributed by atoms with E-state index in [2.05, 4.69) is 42.5 Å². The molecule has 1 fully saturated rings. The molecule has 2 amide bonds. The molecule has 0 saturated carbocycles. The predicted molar refractivity (Wildman–Crippen MR) is 112 cm³/mol. The molecule has 3 aromatic rings. The van der Waals surface area contributed by atoms with Crippen molar-refractivity contribution in [2.75, 3.05) is 44.7 Å². The molecule has 1 saturated heterocycles. The molecular formula is C20H27N7O2. The number of H-pyrrole nitrogens is 2. The summed E-state index contributed by atoms with van der Waals surface area (Å²) in [5.41, 5.74) is 4.34. The van der Waals surface area contributed by atoms with E-state index in [4.69, 9.17) is 4.74 Å². The monoisotopic (exact) mass is 397 g/mol. The minimum absolute atomic E-state index is 0.151. The first-order valence-corrected chi connectivity index (χ1v) is 10.1. The smallest absolute Gasteiger partial charge is 0.321 e. The third kappa shape index (κ3) is 4.25. The Kier molecular flexibility index (Phi) is 5.77. The van der Waals surface area contributed by atoms with Crippen LogP contribution in [0, 0.1) is 0 Å². The fraction of sp³-hybridized carbons (Fsp3) is 0.450. The zero-order chi connectivity index (χ0) is 20.2. The van der Waals surface area contributed by atoms with Crippen LogP contribution in [0.4, 0.5) is 10.5 Å². The van der Waals surface area contributed by atoms with Gasteiger partial charge in [0.05, 0.1) is 36.1 Å². The van der Waals surface area contributed by atoms with E-state index in [-0.39, 0.29) is 6.03 Å². The van der Waals surface area contributed by atoms with Gasteiger partial charge in [0.1, 0.15) is 5.69 Å². The third-order valence-corrected chi connectivity index (χ3v) is 5.22. The summed E-state index contributed by atoms with van der Waals surface area (Å²) in [6.45, 7) is 9.57. The molecule has 9 heteroatoms. The first-order valence-electron chi connectivity index (χ1n) is 10.1. The fourth-order valence-electron chi connectivity index (χ4n) is 3.56. The number of imidazole rings is 1. The maximum atomic E-state index is 12.4. The topological polar surface area (TPSA) is 102 Å². The molecule has 3 N–H and O–H groups in total. The minimum Gasteiger partial charge on any atom is -0.379 e. The second-order valence-corrected chi connectivity index (χ2v) is 7.09. The molecule has 29 heavy (non-hydrogen) atoms. The van der Waals surface area contributed by atoms with Gasteiger partial charge < -0.3 is 19.9 Å². The van der Waals surface area contributed by atoms with Crippen molar-refractivity contribution >= 4 is 22.8 Å². The zero-order valence-corrected chi connectivity index (χ0v) is 16.9. The average Bonchev–Trinajstić information content (AvgIpc) is 3.35. The molecule has 0 unspecified atom stereocenters. The van der Waals surface area contributed by atoms with E-state index in [1.807, 2.05) is 19.9 Å². The zero-order valence-electron chi connectivity index (χ0n) is 16.9. The molecule has 1 aliphatic rings. The number of morpholine rings is 1. The number of urea groups is 1. The van der Waals surface area contributed by atoms with Gasteiger partial charge in [0.15, 0.2) is 5.82 Å². The van der Waals surface area contributed by atoms with Crippen LogP contribution in [-0.4, -0.2) is 75.4 Å². The number of benzene rings is 1. The summed E-state index contributed by atoms with van der Waals surface area (Å²) in [5.74, 6) is 0.649. The van der Waals surface area contributed by atoms with E-state index in [1.54, 1.807) is 11.1 Å². The van der Waals surface area contributed by atoms with Crippen LogP contribution in [0.2, 0.25) is 0 Å². The van der Waals surface area contributed by atoms with Gasteiger partial charge in [-0.25, -0.2) is 9.78 Å². The van der Waals surface area contributed by atoms with Gasteiger partial charge in [-0.1, -0.05) is 6.07 Å². The minimum atomic E-state index is -0.151. The Morgan fingerprint density at radius 3 is 2.83 bits per heavy atom. The number of rotatable bonds is 6. The van der Waals surface area contributed by atoms with E-state index < -0.39 is 0 Å². The van der Waals surface area contributed by atoms with Gasteiger partial charge in [-0.15, -0.1) is 0 Å².